The lowest BCUT2D eigenvalue weighted by molar-refractivity contribution is -0.111. The molecule has 0 amide bonds. The highest BCUT2D eigenvalue weighted by Gasteiger charge is 2.66. The van der Waals surface area contributed by atoms with Crippen molar-refractivity contribution in [3.63, 3.8) is 0 Å². The number of hydrogen-bond donors (Lipinski definition) is 1. The molecule has 10 atom stereocenters. The zero-order chi connectivity index (χ0) is 21.5. The summed E-state index contributed by atoms with van der Waals surface area (Å²) in [6.07, 6.45) is 10.8. The van der Waals surface area contributed by atoms with Crippen LogP contribution >= 0.6 is 0 Å². The molecule has 0 aromatic heterocycles. The van der Waals surface area contributed by atoms with Crippen LogP contribution in [0.4, 0.5) is 0 Å². The first-order valence-electron chi connectivity index (χ1n) is 12.0. The average Bonchev–Trinajstić information content (AvgIpc) is 3.31. The fraction of sp³-hybridized carbons (Fsp3) is 0.846. The lowest BCUT2D eigenvalue weighted by Crippen LogP contribution is -2.49. The van der Waals surface area contributed by atoms with Gasteiger partial charge in [0.1, 0.15) is 6.10 Å². The van der Waals surface area contributed by atoms with Gasteiger partial charge in [0.25, 0.3) is 0 Å². The zero-order valence-corrected chi connectivity index (χ0v) is 19.6. The van der Waals surface area contributed by atoms with E-state index < -0.39 is 5.60 Å². The minimum Gasteiger partial charge on any atom is -0.497 e. The van der Waals surface area contributed by atoms with Gasteiger partial charge in [0, 0.05) is 25.0 Å². The van der Waals surface area contributed by atoms with Crippen molar-refractivity contribution in [1.82, 2.24) is 0 Å². The molecule has 0 bridgehead atoms. The second-order valence-electron chi connectivity index (χ2n) is 11.8. The van der Waals surface area contributed by atoms with Gasteiger partial charge < -0.3 is 19.3 Å². The van der Waals surface area contributed by atoms with Crippen LogP contribution in [0, 0.1) is 29.1 Å². The maximum absolute atomic E-state index is 11.4. The van der Waals surface area contributed by atoms with Crippen molar-refractivity contribution in [2.45, 2.75) is 103 Å². The number of hydrogen-bond acceptors (Lipinski definition) is 4. The van der Waals surface area contributed by atoms with Gasteiger partial charge in [-0.15, -0.1) is 0 Å². The summed E-state index contributed by atoms with van der Waals surface area (Å²) in [6, 6.07) is 0. The van der Waals surface area contributed by atoms with E-state index in [2.05, 4.69) is 33.8 Å². The second kappa shape index (κ2) is 6.83. The molecule has 4 nitrogen and oxygen atoms in total. The molecule has 4 fully saturated rings. The number of aliphatic hydroxyl groups is 1. The molecule has 0 aromatic rings. The van der Waals surface area contributed by atoms with E-state index in [1.165, 1.54) is 17.6 Å². The highest BCUT2D eigenvalue weighted by atomic mass is 16.5. The van der Waals surface area contributed by atoms with Gasteiger partial charge in [-0.2, -0.15) is 0 Å². The number of rotatable bonds is 2. The first-order chi connectivity index (χ1) is 14.1. The summed E-state index contributed by atoms with van der Waals surface area (Å²) in [4.78, 5) is 0. The first kappa shape index (κ1) is 21.0. The van der Waals surface area contributed by atoms with Crippen LogP contribution < -0.4 is 0 Å². The summed E-state index contributed by atoms with van der Waals surface area (Å²) in [7, 11) is 1.84. The van der Waals surface area contributed by atoms with Crippen molar-refractivity contribution in [3.05, 3.63) is 23.5 Å². The largest absolute Gasteiger partial charge is 0.497 e. The molecular formula is C26H40O4. The Bertz CT molecular complexity index is 765. The van der Waals surface area contributed by atoms with Crippen LogP contribution in [0.2, 0.25) is 0 Å². The Morgan fingerprint density at radius 2 is 1.97 bits per heavy atom. The van der Waals surface area contributed by atoms with Gasteiger partial charge >= 0.3 is 0 Å². The molecule has 5 aliphatic rings. The van der Waals surface area contributed by atoms with E-state index in [-0.39, 0.29) is 35.2 Å². The molecule has 2 heterocycles. The van der Waals surface area contributed by atoms with Gasteiger partial charge in [-0.05, 0) is 76.0 Å². The van der Waals surface area contributed by atoms with Crippen LogP contribution in [0.5, 0.6) is 0 Å². The van der Waals surface area contributed by atoms with Crippen LogP contribution in [-0.4, -0.2) is 41.7 Å². The number of methoxy groups -OCH3 is 1. The van der Waals surface area contributed by atoms with E-state index in [9.17, 15) is 5.11 Å². The molecule has 0 unspecified atom stereocenters. The molecule has 2 aliphatic heterocycles. The van der Waals surface area contributed by atoms with E-state index in [0.29, 0.717) is 17.8 Å². The molecule has 1 N–H and O–H groups in total. The molecule has 3 saturated carbocycles. The van der Waals surface area contributed by atoms with E-state index in [1.54, 1.807) is 0 Å². The van der Waals surface area contributed by atoms with E-state index in [1.807, 2.05) is 20.3 Å². The second-order valence-corrected chi connectivity index (χ2v) is 11.8. The lowest BCUT2D eigenvalue weighted by Gasteiger charge is -2.48. The molecule has 30 heavy (non-hydrogen) atoms. The van der Waals surface area contributed by atoms with E-state index in [4.69, 9.17) is 14.2 Å². The SMILES string of the molecule is CO[C@H]1C[C@@H]2[C@](C)(CC[C@@]23O[C@@H](C=C(C)C)C[C@@H]3C)C[C@H]2[C@H]3C1=CO[C@H]3C[C@@]2(C)O. The molecule has 1 saturated heterocycles. The maximum Gasteiger partial charge on any atom is 0.108 e. The molecule has 0 radical (unpaired) electrons. The third-order valence-electron chi connectivity index (χ3n) is 9.63. The first-order valence-corrected chi connectivity index (χ1v) is 12.0. The highest BCUT2D eigenvalue weighted by molar-refractivity contribution is 5.27. The predicted molar refractivity (Wildman–Crippen MR) is 117 cm³/mol. The molecule has 5 rings (SSSR count). The summed E-state index contributed by atoms with van der Waals surface area (Å²) < 4.78 is 19.2. The van der Waals surface area contributed by atoms with Gasteiger partial charge in [-0.1, -0.05) is 25.5 Å². The summed E-state index contributed by atoms with van der Waals surface area (Å²) in [5.41, 5.74) is 2.00. The minimum atomic E-state index is -0.680. The Hall–Kier alpha value is -0.840. The Morgan fingerprint density at radius 3 is 2.67 bits per heavy atom. The van der Waals surface area contributed by atoms with Crippen molar-refractivity contribution < 1.29 is 19.3 Å². The fourth-order valence-electron chi connectivity index (χ4n) is 8.22. The summed E-state index contributed by atoms with van der Waals surface area (Å²) in [6.45, 7) is 11.2. The molecule has 0 aromatic carbocycles. The van der Waals surface area contributed by atoms with Crippen LogP contribution in [-0.2, 0) is 14.2 Å². The Balaban J connectivity index is 1.54. The van der Waals surface area contributed by atoms with Crippen molar-refractivity contribution in [3.8, 4) is 0 Å². The maximum atomic E-state index is 11.4. The normalized spacial score (nSPS) is 54.2. The molecular weight excluding hydrogens is 376 g/mol. The van der Waals surface area contributed by atoms with Gasteiger partial charge in [0.2, 0.25) is 0 Å². The molecule has 168 valence electrons. The van der Waals surface area contributed by atoms with Gasteiger partial charge in [-0.25, -0.2) is 0 Å². The Morgan fingerprint density at radius 1 is 1.20 bits per heavy atom. The zero-order valence-electron chi connectivity index (χ0n) is 19.6. The van der Waals surface area contributed by atoms with Gasteiger partial charge in [0.15, 0.2) is 0 Å². The van der Waals surface area contributed by atoms with Crippen molar-refractivity contribution in [1.29, 1.82) is 0 Å². The quantitative estimate of drug-likeness (QED) is 0.643. The number of allylic oxidation sites excluding steroid dienone is 1. The van der Waals surface area contributed by atoms with Crippen molar-refractivity contribution in [2.24, 2.45) is 29.1 Å². The summed E-state index contributed by atoms with van der Waals surface area (Å²) >= 11 is 0. The third kappa shape index (κ3) is 2.89. The average molecular weight is 417 g/mol. The van der Waals surface area contributed by atoms with Gasteiger partial charge in [0.05, 0.1) is 29.7 Å². The smallest absolute Gasteiger partial charge is 0.108 e. The predicted octanol–water partition coefficient (Wildman–Crippen LogP) is 5.01. The standard InChI is InChI=1S/C26H40O4/c1-15(2)9-17-10-16(3)26(30-17)8-7-24(4)12-19-23-18(20(28-6)11-22(24)26)14-29-21(23)13-25(19,5)27/h9,14,16-17,19-23,27H,7-8,10-13H2,1-6H3/t16-,17-,19-,20-,21-,22+,23+,24+,25+,26-/m0/s1. The van der Waals surface area contributed by atoms with Crippen LogP contribution in [0.1, 0.15) is 73.1 Å². The lowest BCUT2D eigenvalue weighted by atomic mass is 9.60. The minimum absolute atomic E-state index is 0.0503. The van der Waals surface area contributed by atoms with Crippen LogP contribution in [0.15, 0.2) is 23.5 Å². The fourth-order valence-corrected chi connectivity index (χ4v) is 8.22. The highest BCUT2D eigenvalue weighted by Crippen LogP contribution is 2.66. The van der Waals surface area contributed by atoms with Crippen LogP contribution in [0.3, 0.4) is 0 Å². The topological polar surface area (TPSA) is 47.9 Å². The number of fused-ring (bicyclic) bond motifs is 2. The third-order valence-corrected chi connectivity index (χ3v) is 9.63. The van der Waals surface area contributed by atoms with Gasteiger partial charge in [-0.3, -0.25) is 0 Å². The molecule has 1 spiro atoms. The van der Waals surface area contributed by atoms with Crippen LogP contribution in [0.25, 0.3) is 0 Å². The monoisotopic (exact) mass is 416 g/mol. The van der Waals surface area contributed by atoms with Crippen molar-refractivity contribution in [2.75, 3.05) is 7.11 Å². The van der Waals surface area contributed by atoms with E-state index >= 15 is 0 Å². The Labute approximate surface area is 182 Å². The molecule has 4 heteroatoms. The summed E-state index contributed by atoms with van der Waals surface area (Å²) in [5, 5.41) is 11.4. The molecule has 3 aliphatic carbocycles. The van der Waals surface area contributed by atoms with Crippen molar-refractivity contribution >= 4 is 0 Å². The number of ether oxygens (including phenoxy) is 3. The van der Waals surface area contributed by atoms with E-state index in [0.717, 1.165) is 32.1 Å². The summed E-state index contributed by atoms with van der Waals surface area (Å²) in [5.74, 6) is 1.47. The Kier molecular flexibility index (Phi) is 4.79.